The molecular weight excluding hydrogens is 342 g/mol. The molecule has 136 valence electrons. The van der Waals surface area contributed by atoms with Gasteiger partial charge < -0.3 is 4.90 Å². The number of thiazole rings is 1. The standard InChI is InChI=1S/C21H25N3OS/c1-15(2)23(13-18-8-6-5-7-9-18)20(25)12-19-14-26-21(22-19)24-16(3)10-11-17(24)4/h5-11,14-15H,12-13H2,1-4H3. The Balaban J connectivity index is 1.74. The summed E-state index contributed by atoms with van der Waals surface area (Å²) in [5.74, 6) is 0.113. The molecule has 26 heavy (non-hydrogen) atoms. The summed E-state index contributed by atoms with van der Waals surface area (Å²) in [5.41, 5.74) is 4.29. The molecule has 0 saturated heterocycles. The first-order valence-corrected chi connectivity index (χ1v) is 9.77. The topological polar surface area (TPSA) is 38.1 Å². The Labute approximate surface area is 159 Å². The van der Waals surface area contributed by atoms with Gasteiger partial charge in [0.1, 0.15) is 0 Å². The van der Waals surface area contributed by atoms with Gasteiger partial charge in [0.2, 0.25) is 5.91 Å². The number of amides is 1. The van der Waals surface area contributed by atoms with Gasteiger partial charge in [-0.05, 0) is 45.4 Å². The normalized spacial score (nSPS) is 11.1. The van der Waals surface area contributed by atoms with E-state index in [1.165, 1.54) is 0 Å². The second-order valence-electron chi connectivity index (χ2n) is 6.85. The molecule has 2 aromatic heterocycles. The molecule has 0 aliphatic carbocycles. The SMILES string of the molecule is Cc1ccc(C)n1-c1nc(CC(=O)N(Cc2ccccc2)C(C)C)cs1. The van der Waals surface area contributed by atoms with Crippen molar-refractivity contribution in [1.29, 1.82) is 0 Å². The zero-order valence-electron chi connectivity index (χ0n) is 15.8. The third-order valence-corrected chi connectivity index (χ3v) is 5.35. The lowest BCUT2D eigenvalue weighted by molar-refractivity contribution is -0.132. The highest BCUT2D eigenvalue weighted by Gasteiger charge is 2.19. The molecule has 2 heterocycles. The van der Waals surface area contributed by atoms with Gasteiger partial charge in [-0.2, -0.15) is 0 Å². The molecule has 0 spiro atoms. The number of benzene rings is 1. The molecule has 0 bridgehead atoms. The number of nitrogens with zero attached hydrogens (tertiary/aromatic N) is 3. The Morgan fingerprint density at radius 1 is 1.12 bits per heavy atom. The van der Waals surface area contributed by atoms with Crippen LogP contribution in [0.2, 0.25) is 0 Å². The Hall–Kier alpha value is -2.40. The summed E-state index contributed by atoms with van der Waals surface area (Å²) in [6, 6.07) is 14.4. The van der Waals surface area contributed by atoms with Gasteiger partial charge >= 0.3 is 0 Å². The minimum absolute atomic E-state index is 0.113. The summed E-state index contributed by atoms with van der Waals surface area (Å²) in [6.07, 6.45) is 0.334. The van der Waals surface area contributed by atoms with Gasteiger partial charge in [-0.1, -0.05) is 30.3 Å². The van der Waals surface area contributed by atoms with E-state index >= 15 is 0 Å². The van der Waals surface area contributed by atoms with Gasteiger partial charge in [-0.3, -0.25) is 9.36 Å². The third kappa shape index (κ3) is 4.05. The van der Waals surface area contributed by atoms with E-state index in [1.807, 2.05) is 28.5 Å². The molecule has 0 radical (unpaired) electrons. The fourth-order valence-electron chi connectivity index (χ4n) is 3.05. The molecule has 0 aliphatic rings. The minimum atomic E-state index is 0.113. The van der Waals surface area contributed by atoms with Crippen LogP contribution in [0.5, 0.6) is 0 Å². The number of rotatable bonds is 6. The number of carbonyl (C=O) groups excluding carboxylic acids is 1. The fraction of sp³-hybridized carbons (Fsp3) is 0.333. The number of aryl methyl sites for hydroxylation is 2. The highest BCUT2D eigenvalue weighted by atomic mass is 32.1. The molecule has 0 aliphatic heterocycles. The van der Waals surface area contributed by atoms with Gasteiger partial charge in [-0.15, -0.1) is 11.3 Å². The van der Waals surface area contributed by atoms with Crippen molar-refractivity contribution in [2.75, 3.05) is 0 Å². The molecule has 3 aromatic rings. The van der Waals surface area contributed by atoms with Crippen LogP contribution in [0.25, 0.3) is 5.13 Å². The second-order valence-corrected chi connectivity index (χ2v) is 7.69. The highest BCUT2D eigenvalue weighted by Crippen LogP contribution is 2.21. The zero-order valence-corrected chi connectivity index (χ0v) is 16.6. The lowest BCUT2D eigenvalue weighted by Crippen LogP contribution is -2.37. The van der Waals surface area contributed by atoms with Gasteiger partial charge in [0.25, 0.3) is 0 Å². The molecular formula is C21H25N3OS. The van der Waals surface area contributed by atoms with Crippen molar-refractivity contribution in [3.05, 3.63) is 70.5 Å². The highest BCUT2D eigenvalue weighted by molar-refractivity contribution is 7.12. The summed E-state index contributed by atoms with van der Waals surface area (Å²) in [5, 5.41) is 2.92. The van der Waals surface area contributed by atoms with E-state index in [4.69, 9.17) is 4.98 Å². The third-order valence-electron chi connectivity index (χ3n) is 4.47. The van der Waals surface area contributed by atoms with Crippen LogP contribution in [0.15, 0.2) is 47.8 Å². The monoisotopic (exact) mass is 367 g/mol. The lowest BCUT2D eigenvalue weighted by atomic mass is 10.1. The first kappa shape index (κ1) is 18.4. The van der Waals surface area contributed by atoms with E-state index in [2.05, 4.69) is 56.5 Å². The van der Waals surface area contributed by atoms with Crippen LogP contribution in [-0.4, -0.2) is 26.4 Å². The molecule has 0 saturated carbocycles. The van der Waals surface area contributed by atoms with Gasteiger partial charge in [0.15, 0.2) is 5.13 Å². The van der Waals surface area contributed by atoms with Crippen molar-refractivity contribution in [2.45, 2.75) is 46.7 Å². The van der Waals surface area contributed by atoms with E-state index in [0.717, 1.165) is 27.8 Å². The number of aromatic nitrogens is 2. The van der Waals surface area contributed by atoms with Gasteiger partial charge in [-0.25, -0.2) is 4.98 Å². The molecule has 1 amide bonds. The van der Waals surface area contributed by atoms with Crippen molar-refractivity contribution in [3.63, 3.8) is 0 Å². The number of carbonyl (C=O) groups is 1. The van der Waals surface area contributed by atoms with Crippen LogP contribution in [-0.2, 0) is 17.8 Å². The summed E-state index contributed by atoms with van der Waals surface area (Å²) < 4.78 is 2.13. The number of hydrogen-bond donors (Lipinski definition) is 0. The van der Waals surface area contributed by atoms with E-state index in [-0.39, 0.29) is 11.9 Å². The van der Waals surface area contributed by atoms with Crippen LogP contribution in [0.4, 0.5) is 0 Å². The predicted molar refractivity (Wildman–Crippen MR) is 107 cm³/mol. The molecule has 0 N–H and O–H groups in total. The van der Waals surface area contributed by atoms with Crippen LogP contribution in [0.1, 0.15) is 36.5 Å². The molecule has 4 nitrogen and oxygen atoms in total. The van der Waals surface area contributed by atoms with Crippen LogP contribution < -0.4 is 0 Å². The van der Waals surface area contributed by atoms with Gasteiger partial charge in [0.05, 0.1) is 12.1 Å². The largest absolute Gasteiger partial charge is 0.336 e. The first-order chi connectivity index (χ1) is 12.5. The maximum absolute atomic E-state index is 12.9. The molecule has 0 fully saturated rings. The Morgan fingerprint density at radius 2 is 1.77 bits per heavy atom. The maximum atomic E-state index is 12.9. The smallest absolute Gasteiger partial charge is 0.229 e. The van der Waals surface area contributed by atoms with E-state index in [0.29, 0.717) is 13.0 Å². The quantitative estimate of drug-likeness (QED) is 0.642. The van der Waals surface area contributed by atoms with Gasteiger partial charge in [0, 0.05) is 29.4 Å². The molecule has 1 aromatic carbocycles. The molecule has 0 atom stereocenters. The average molecular weight is 368 g/mol. The van der Waals surface area contributed by atoms with Crippen LogP contribution >= 0.6 is 11.3 Å². The molecule has 5 heteroatoms. The van der Waals surface area contributed by atoms with E-state index in [1.54, 1.807) is 11.3 Å². The summed E-state index contributed by atoms with van der Waals surface area (Å²) >= 11 is 1.58. The molecule has 3 rings (SSSR count). The maximum Gasteiger partial charge on any atom is 0.229 e. The fourth-order valence-corrected chi connectivity index (χ4v) is 3.99. The zero-order chi connectivity index (χ0) is 18.7. The summed E-state index contributed by atoms with van der Waals surface area (Å²) in [6.45, 7) is 8.88. The average Bonchev–Trinajstić information content (AvgIpc) is 3.19. The summed E-state index contributed by atoms with van der Waals surface area (Å²) in [4.78, 5) is 19.5. The number of hydrogen-bond acceptors (Lipinski definition) is 3. The van der Waals surface area contributed by atoms with Crippen molar-refractivity contribution < 1.29 is 4.79 Å². The van der Waals surface area contributed by atoms with Crippen molar-refractivity contribution in [2.24, 2.45) is 0 Å². The van der Waals surface area contributed by atoms with Crippen molar-refractivity contribution in [1.82, 2.24) is 14.5 Å². The predicted octanol–water partition coefficient (Wildman–Crippen LogP) is 4.53. The second kappa shape index (κ2) is 7.87. The summed E-state index contributed by atoms with van der Waals surface area (Å²) in [7, 11) is 0. The Bertz CT molecular complexity index is 860. The first-order valence-electron chi connectivity index (χ1n) is 8.89. The Kier molecular flexibility index (Phi) is 5.57. The molecule has 0 unspecified atom stereocenters. The van der Waals surface area contributed by atoms with E-state index < -0.39 is 0 Å². The van der Waals surface area contributed by atoms with Crippen LogP contribution in [0, 0.1) is 13.8 Å². The van der Waals surface area contributed by atoms with Crippen LogP contribution in [0.3, 0.4) is 0 Å². The lowest BCUT2D eigenvalue weighted by Gasteiger charge is -2.26. The van der Waals surface area contributed by atoms with Crippen molar-refractivity contribution >= 4 is 17.2 Å². The Morgan fingerprint density at radius 3 is 2.38 bits per heavy atom. The minimum Gasteiger partial charge on any atom is -0.336 e. The van der Waals surface area contributed by atoms with E-state index in [9.17, 15) is 4.79 Å². The van der Waals surface area contributed by atoms with Crippen molar-refractivity contribution in [3.8, 4) is 5.13 Å².